The second-order valence-electron chi connectivity index (χ2n) is 13.4. The molecular weight excluding hydrogens is 641 g/mol. The first-order valence-corrected chi connectivity index (χ1v) is 17.6. The highest BCUT2D eigenvalue weighted by atomic mass is 16.5. The van der Waals surface area contributed by atoms with Crippen LogP contribution in [0.5, 0.6) is 5.75 Å². The van der Waals surface area contributed by atoms with Crippen molar-refractivity contribution in [3.63, 3.8) is 0 Å². The fourth-order valence-electron chi connectivity index (χ4n) is 8.10. The summed E-state index contributed by atoms with van der Waals surface area (Å²) in [6.45, 7) is 0. The molecule has 0 amide bonds. The number of para-hydroxylation sites is 4. The minimum absolute atomic E-state index is 0.113. The molecule has 5 heteroatoms. The topological polar surface area (TPSA) is 51.6 Å². The van der Waals surface area contributed by atoms with Crippen molar-refractivity contribution in [3.05, 3.63) is 186 Å². The summed E-state index contributed by atoms with van der Waals surface area (Å²) < 4.78 is 19.9. The Hall–Kier alpha value is -6.85. The summed E-state index contributed by atoms with van der Waals surface area (Å²) in [6.07, 6.45) is 2.01. The predicted octanol–water partition coefficient (Wildman–Crippen LogP) is 10.4. The Labute approximate surface area is 299 Å². The van der Waals surface area contributed by atoms with E-state index in [1.54, 1.807) is 0 Å². The first-order chi connectivity index (χ1) is 25.8. The van der Waals surface area contributed by atoms with Crippen LogP contribution in [0.4, 0.5) is 17.1 Å². The van der Waals surface area contributed by atoms with Crippen LogP contribution in [0, 0.1) is 0 Å². The van der Waals surface area contributed by atoms with Gasteiger partial charge in [0.25, 0.3) is 0 Å². The average molecular weight is 671 g/mol. The highest BCUT2D eigenvalue weighted by Crippen LogP contribution is 2.53. The van der Waals surface area contributed by atoms with Crippen LogP contribution in [0.25, 0.3) is 55.8 Å². The van der Waals surface area contributed by atoms with Gasteiger partial charge < -0.3 is 18.5 Å². The molecule has 9 aromatic rings. The van der Waals surface area contributed by atoms with Gasteiger partial charge in [-0.05, 0) is 76.2 Å². The fourth-order valence-corrected chi connectivity index (χ4v) is 8.10. The number of fused-ring (bicyclic) bond motifs is 8. The summed E-state index contributed by atoms with van der Waals surface area (Å²) in [6, 6.07) is 56.8. The molecule has 0 N–H and O–H groups in total. The van der Waals surface area contributed by atoms with Gasteiger partial charge in [-0.1, -0.05) is 109 Å². The number of nitrogens with zero attached hydrogens (tertiary/aromatic N) is 2. The van der Waals surface area contributed by atoms with E-state index < -0.39 is 0 Å². The van der Waals surface area contributed by atoms with Crippen LogP contribution in [0.2, 0.25) is 0 Å². The van der Waals surface area contributed by atoms with Crippen LogP contribution < -0.4 is 20.1 Å². The summed E-state index contributed by atoms with van der Waals surface area (Å²) in [7, 11) is 0. The Bertz CT molecular complexity index is 2930. The lowest BCUT2D eigenvalue weighted by Crippen LogP contribution is -2.38. The first kappa shape index (κ1) is 28.9. The zero-order valence-corrected chi connectivity index (χ0v) is 27.9. The summed E-state index contributed by atoms with van der Waals surface area (Å²) >= 11 is 0. The molecule has 7 aromatic carbocycles. The second kappa shape index (κ2) is 11.3. The summed E-state index contributed by atoms with van der Waals surface area (Å²) in [4.78, 5) is 7.29. The van der Waals surface area contributed by atoms with E-state index in [1.807, 2.05) is 42.5 Å². The Balaban J connectivity index is 1.11. The number of anilines is 3. The maximum Gasteiger partial charge on any atom is 0.224 e. The third-order valence-electron chi connectivity index (χ3n) is 10.5. The molecule has 0 bridgehead atoms. The third kappa shape index (κ3) is 4.46. The summed E-state index contributed by atoms with van der Waals surface area (Å²) in [5.41, 5.74) is 10.7. The molecule has 246 valence electrons. The maximum atomic E-state index is 7.07. The lowest BCUT2D eigenvalue weighted by atomic mass is 9.82. The quantitative estimate of drug-likeness (QED) is 0.182. The van der Waals surface area contributed by atoms with Gasteiger partial charge in [0.1, 0.15) is 28.5 Å². The second-order valence-corrected chi connectivity index (χ2v) is 13.4. The molecule has 0 saturated carbocycles. The van der Waals surface area contributed by atoms with Crippen molar-refractivity contribution in [1.29, 1.82) is 0 Å². The van der Waals surface area contributed by atoms with Gasteiger partial charge in [-0.3, -0.25) is 0 Å². The minimum atomic E-state index is -0.240. The van der Waals surface area contributed by atoms with Crippen LogP contribution in [-0.2, 0) is 0 Å². The number of hydrogen-bond acceptors (Lipinski definition) is 5. The predicted molar refractivity (Wildman–Crippen MR) is 208 cm³/mol. The molecule has 2 atom stereocenters. The fraction of sp³-hybridized carbons (Fsp3) is 0.0426. The molecule has 0 fully saturated rings. The third-order valence-corrected chi connectivity index (χ3v) is 10.5. The summed E-state index contributed by atoms with van der Waals surface area (Å²) in [5, 5.41) is 4.41. The molecule has 1 aliphatic heterocycles. The zero-order chi connectivity index (χ0) is 34.2. The highest BCUT2D eigenvalue weighted by molar-refractivity contribution is 6.06. The number of benzene rings is 7. The van der Waals surface area contributed by atoms with Gasteiger partial charge in [0.2, 0.25) is 5.89 Å². The van der Waals surface area contributed by atoms with E-state index in [0.29, 0.717) is 5.89 Å². The number of ether oxygens (including phenoxy) is 1. The number of rotatable bonds is 5. The largest absolute Gasteiger partial charge is 0.483 e. The summed E-state index contributed by atoms with van der Waals surface area (Å²) in [5.74, 6) is 1.35. The number of furan rings is 1. The standard InChI is InChI=1S/C47H30N2O3/c1-2-11-29(12-3-1)30-21-23-32(24-22-30)49(33-25-26-36-35-15-6-8-19-40(35)50-42(36)28-33)39-18-10-16-37-44-43(51-46(37)39)27-31-13-4-5-14-34(31)45(44)47-48-38-17-7-9-20-41(38)52-47/h1-28,43-44H. The minimum Gasteiger partial charge on any atom is -0.483 e. The van der Waals surface area contributed by atoms with Crippen molar-refractivity contribution >= 4 is 61.7 Å². The molecule has 5 nitrogen and oxygen atoms in total. The number of aromatic nitrogens is 1. The highest BCUT2D eigenvalue weighted by Gasteiger charge is 2.42. The van der Waals surface area contributed by atoms with E-state index in [0.717, 1.165) is 83.0 Å². The van der Waals surface area contributed by atoms with Crippen molar-refractivity contribution in [2.75, 3.05) is 4.90 Å². The van der Waals surface area contributed by atoms with Crippen LogP contribution >= 0.6 is 0 Å². The van der Waals surface area contributed by atoms with Crippen LogP contribution in [0.3, 0.4) is 0 Å². The Morgan fingerprint density at radius 2 is 1.27 bits per heavy atom. The van der Waals surface area contributed by atoms with E-state index in [1.165, 1.54) is 5.56 Å². The number of hydrogen-bond donors (Lipinski definition) is 0. The molecule has 2 aromatic heterocycles. The van der Waals surface area contributed by atoms with Gasteiger partial charge >= 0.3 is 0 Å². The van der Waals surface area contributed by atoms with Crippen molar-refractivity contribution in [1.82, 2.24) is 4.98 Å². The van der Waals surface area contributed by atoms with Gasteiger partial charge in [0.15, 0.2) is 5.58 Å². The molecule has 1 aliphatic carbocycles. The van der Waals surface area contributed by atoms with Crippen LogP contribution in [-0.4, -0.2) is 11.1 Å². The Morgan fingerprint density at radius 3 is 2.15 bits per heavy atom. The van der Waals surface area contributed by atoms with E-state index in [2.05, 4.69) is 132 Å². The van der Waals surface area contributed by atoms with Crippen LogP contribution in [0.1, 0.15) is 17.4 Å². The number of oxazole rings is 1. The smallest absolute Gasteiger partial charge is 0.224 e. The van der Waals surface area contributed by atoms with E-state index in [9.17, 15) is 0 Å². The molecule has 52 heavy (non-hydrogen) atoms. The SMILES string of the molecule is C1=c2ccccc2=C(c2nc3ccccc3o2)C2c3cccc(N(c4ccc(-c5ccccc5)cc4)c4ccc5c(c4)oc4ccccc45)c3OC12. The average Bonchev–Trinajstić information content (AvgIpc) is 3.91. The van der Waals surface area contributed by atoms with E-state index in [4.69, 9.17) is 18.6 Å². The van der Waals surface area contributed by atoms with Crippen molar-refractivity contribution < 1.29 is 13.6 Å². The molecule has 2 aliphatic rings. The molecule has 2 unspecified atom stereocenters. The monoisotopic (exact) mass is 670 g/mol. The molecule has 3 heterocycles. The van der Waals surface area contributed by atoms with Crippen molar-refractivity contribution in [2.45, 2.75) is 12.0 Å². The molecule has 0 spiro atoms. The van der Waals surface area contributed by atoms with Crippen molar-refractivity contribution in [3.8, 4) is 16.9 Å². The van der Waals surface area contributed by atoms with Crippen molar-refractivity contribution in [2.24, 2.45) is 0 Å². The molecule has 0 saturated heterocycles. The normalized spacial score (nSPS) is 16.0. The van der Waals surface area contributed by atoms with Gasteiger partial charge in [0.05, 0.1) is 17.3 Å². The molecule has 11 rings (SSSR count). The lowest BCUT2D eigenvalue weighted by molar-refractivity contribution is 0.286. The van der Waals surface area contributed by atoms with Gasteiger partial charge in [-0.2, -0.15) is 0 Å². The van der Waals surface area contributed by atoms with E-state index in [-0.39, 0.29) is 12.0 Å². The maximum absolute atomic E-state index is 7.07. The first-order valence-electron chi connectivity index (χ1n) is 17.6. The van der Waals surface area contributed by atoms with Gasteiger partial charge in [0, 0.05) is 33.7 Å². The molecular formula is C47H30N2O3. The molecule has 0 radical (unpaired) electrons. The Kier molecular flexibility index (Phi) is 6.31. The van der Waals surface area contributed by atoms with Crippen LogP contribution in [0.15, 0.2) is 173 Å². The van der Waals surface area contributed by atoms with Gasteiger partial charge in [-0.15, -0.1) is 0 Å². The lowest BCUT2D eigenvalue weighted by Gasteiger charge is -2.27. The Morgan fingerprint density at radius 1 is 0.538 bits per heavy atom. The van der Waals surface area contributed by atoms with Gasteiger partial charge in [-0.25, -0.2) is 4.98 Å². The van der Waals surface area contributed by atoms with E-state index >= 15 is 0 Å². The zero-order valence-electron chi connectivity index (χ0n) is 27.9.